The first kappa shape index (κ1) is 17.9. The Morgan fingerprint density at radius 2 is 1.90 bits per heavy atom. The van der Waals surface area contributed by atoms with Gasteiger partial charge in [-0.2, -0.15) is 0 Å². The zero-order valence-electron chi connectivity index (χ0n) is 15.7. The largest absolute Gasteiger partial charge is 0.503 e. The number of para-hydroxylation sites is 1. The first-order valence-corrected chi connectivity index (χ1v) is 9.33. The van der Waals surface area contributed by atoms with E-state index in [1.54, 1.807) is 54.9 Å². The molecule has 30 heavy (non-hydrogen) atoms. The number of pyridine rings is 1. The highest BCUT2D eigenvalue weighted by atomic mass is 16.3. The number of aliphatic hydroxyl groups is 1. The molecule has 1 unspecified atom stereocenters. The van der Waals surface area contributed by atoms with Crippen LogP contribution >= 0.6 is 0 Å². The molecule has 7 heteroatoms. The highest BCUT2D eigenvalue weighted by Gasteiger charge is 2.44. The summed E-state index contributed by atoms with van der Waals surface area (Å²) in [6.45, 7) is 0.0970. The Hall–Kier alpha value is -4.13. The lowest BCUT2D eigenvalue weighted by atomic mass is 9.95. The fraction of sp³-hybridized carbons (Fsp3) is 0.0870. The Morgan fingerprint density at radius 1 is 1.10 bits per heavy atom. The van der Waals surface area contributed by atoms with Crippen molar-refractivity contribution in [3.8, 4) is 0 Å². The maximum Gasteiger partial charge on any atom is 0.290 e. The van der Waals surface area contributed by atoms with Gasteiger partial charge in [0.1, 0.15) is 11.3 Å². The van der Waals surface area contributed by atoms with E-state index in [-0.39, 0.29) is 17.9 Å². The zero-order valence-corrected chi connectivity index (χ0v) is 15.7. The minimum absolute atomic E-state index is 0.0307. The van der Waals surface area contributed by atoms with Gasteiger partial charge in [-0.15, -0.1) is 0 Å². The molecule has 4 aromatic rings. The molecule has 5 rings (SSSR count). The van der Waals surface area contributed by atoms with Gasteiger partial charge in [0.2, 0.25) is 5.78 Å². The first-order valence-electron chi connectivity index (χ1n) is 9.33. The zero-order chi connectivity index (χ0) is 20.7. The molecule has 1 atom stereocenters. The van der Waals surface area contributed by atoms with Crippen LogP contribution in [0.1, 0.15) is 27.9 Å². The van der Waals surface area contributed by atoms with Gasteiger partial charge in [-0.3, -0.25) is 14.6 Å². The van der Waals surface area contributed by atoms with Crippen molar-refractivity contribution in [2.75, 3.05) is 0 Å². The Labute approximate surface area is 170 Å². The molecule has 0 radical (unpaired) electrons. The van der Waals surface area contributed by atoms with E-state index in [9.17, 15) is 14.7 Å². The number of ketones is 1. The van der Waals surface area contributed by atoms with Crippen molar-refractivity contribution in [1.82, 2.24) is 9.88 Å². The molecule has 1 amide bonds. The van der Waals surface area contributed by atoms with E-state index in [1.165, 1.54) is 11.2 Å². The van der Waals surface area contributed by atoms with Crippen molar-refractivity contribution in [3.63, 3.8) is 0 Å². The van der Waals surface area contributed by atoms with E-state index in [0.717, 1.165) is 5.39 Å². The summed E-state index contributed by atoms with van der Waals surface area (Å²) in [5.41, 5.74) is 1.17. The summed E-state index contributed by atoms with van der Waals surface area (Å²) in [4.78, 5) is 31.7. The topological polar surface area (TPSA) is 96.8 Å². The van der Waals surface area contributed by atoms with Crippen LogP contribution in [0.2, 0.25) is 0 Å². The average molecular weight is 400 g/mol. The molecule has 3 aromatic heterocycles. The molecule has 0 aliphatic carbocycles. The van der Waals surface area contributed by atoms with Gasteiger partial charge in [0.15, 0.2) is 11.5 Å². The molecular weight excluding hydrogens is 384 g/mol. The van der Waals surface area contributed by atoms with Gasteiger partial charge in [0, 0.05) is 17.8 Å². The number of carbonyl (C=O) groups excluding carboxylic acids is 2. The second-order valence-electron chi connectivity index (χ2n) is 6.94. The summed E-state index contributed by atoms with van der Waals surface area (Å²) in [5, 5.41) is 11.4. The number of fused-ring (bicyclic) bond motifs is 1. The fourth-order valence-corrected chi connectivity index (χ4v) is 3.74. The van der Waals surface area contributed by atoms with Crippen LogP contribution in [0.4, 0.5) is 0 Å². The standard InChI is InChI=1S/C23H16N2O5/c26-21(18-12-15-4-1-2-6-17(15)30-18)19-20(14-7-9-24-10-8-14)25(23(28)22(19)27)13-16-5-3-11-29-16/h1-12,20,27H,13H2. The molecule has 0 fully saturated rings. The van der Waals surface area contributed by atoms with Crippen molar-refractivity contribution in [1.29, 1.82) is 0 Å². The van der Waals surface area contributed by atoms with Gasteiger partial charge in [0.25, 0.3) is 5.91 Å². The number of benzene rings is 1. The third-order valence-corrected chi connectivity index (χ3v) is 5.13. The van der Waals surface area contributed by atoms with Gasteiger partial charge in [-0.1, -0.05) is 18.2 Å². The average Bonchev–Trinajstić information content (AvgIpc) is 3.49. The molecule has 148 valence electrons. The molecule has 4 heterocycles. The molecule has 1 aliphatic rings. The predicted octanol–water partition coefficient (Wildman–Crippen LogP) is 4.20. The Balaban J connectivity index is 1.60. The van der Waals surface area contributed by atoms with Crippen LogP contribution < -0.4 is 0 Å². The number of hydrogen-bond acceptors (Lipinski definition) is 6. The van der Waals surface area contributed by atoms with Crippen LogP contribution in [-0.2, 0) is 11.3 Å². The van der Waals surface area contributed by atoms with Crippen LogP contribution in [0.5, 0.6) is 0 Å². The molecule has 1 aromatic carbocycles. The van der Waals surface area contributed by atoms with Gasteiger partial charge in [0.05, 0.1) is 24.4 Å². The summed E-state index contributed by atoms with van der Waals surface area (Å²) >= 11 is 0. The fourth-order valence-electron chi connectivity index (χ4n) is 3.74. The lowest BCUT2D eigenvalue weighted by molar-refractivity contribution is -0.130. The second kappa shape index (κ2) is 7.04. The number of amides is 1. The number of hydrogen-bond donors (Lipinski definition) is 1. The Bertz CT molecular complexity index is 1240. The van der Waals surface area contributed by atoms with Gasteiger partial charge in [-0.05, 0) is 42.0 Å². The predicted molar refractivity (Wildman–Crippen MR) is 106 cm³/mol. The van der Waals surface area contributed by atoms with Crippen molar-refractivity contribution in [3.05, 3.63) is 102 Å². The molecule has 1 N–H and O–H groups in total. The lowest BCUT2D eigenvalue weighted by Gasteiger charge is -2.25. The van der Waals surface area contributed by atoms with Crippen molar-refractivity contribution in [2.24, 2.45) is 0 Å². The summed E-state index contributed by atoms with van der Waals surface area (Å²) in [5.74, 6) is -1.18. The van der Waals surface area contributed by atoms with E-state index in [4.69, 9.17) is 8.83 Å². The Morgan fingerprint density at radius 3 is 2.63 bits per heavy atom. The molecule has 0 saturated carbocycles. The van der Waals surface area contributed by atoms with Gasteiger partial charge in [-0.25, -0.2) is 0 Å². The molecule has 0 saturated heterocycles. The molecule has 1 aliphatic heterocycles. The molecule has 0 bridgehead atoms. The highest BCUT2D eigenvalue weighted by Crippen LogP contribution is 2.40. The summed E-state index contributed by atoms with van der Waals surface area (Å²) in [6.07, 6.45) is 4.65. The summed E-state index contributed by atoms with van der Waals surface area (Å²) < 4.78 is 11.1. The third-order valence-electron chi connectivity index (χ3n) is 5.13. The van der Waals surface area contributed by atoms with Crippen molar-refractivity contribution < 1.29 is 23.5 Å². The van der Waals surface area contributed by atoms with Gasteiger partial charge >= 0.3 is 0 Å². The monoisotopic (exact) mass is 400 g/mol. The molecule has 7 nitrogen and oxygen atoms in total. The number of carbonyl (C=O) groups is 2. The number of nitrogens with zero attached hydrogens (tertiary/aromatic N) is 2. The molecular formula is C23H16N2O5. The maximum absolute atomic E-state index is 13.4. The highest BCUT2D eigenvalue weighted by molar-refractivity contribution is 6.15. The number of rotatable bonds is 5. The van der Waals surface area contributed by atoms with Crippen LogP contribution in [0.15, 0.2) is 93.4 Å². The summed E-state index contributed by atoms with van der Waals surface area (Å²) in [6, 6.07) is 14.9. The van der Waals surface area contributed by atoms with E-state index >= 15 is 0 Å². The van der Waals surface area contributed by atoms with E-state index in [0.29, 0.717) is 16.9 Å². The normalized spacial score (nSPS) is 16.6. The number of aromatic nitrogens is 1. The quantitative estimate of drug-likeness (QED) is 0.504. The third kappa shape index (κ3) is 2.88. The second-order valence-corrected chi connectivity index (χ2v) is 6.94. The number of furan rings is 2. The van der Waals surface area contributed by atoms with Gasteiger partial charge < -0.3 is 18.8 Å². The number of Topliss-reactive ketones (excluding diaryl/α,β-unsaturated/α-hetero) is 1. The smallest absolute Gasteiger partial charge is 0.290 e. The Kier molecular flexibility index (Phi) is 4.21. The van der Waals surface area contributed by atoms with E-state index in [2.05, 4.69) is 4.98 Å². The van der Waals surface area contributed by atoms with Crippen LogP contribution in [0.3, 0.4) is 0 Å². The van der Waals surface area contributed by atoms with E-state index in [1.807, 2.05) is 12.1 Å². The van der Waals surface area contributed by atoms with Crippen molar-refractivity contribution >= 4 is 22.7 Å². The number of aliphatic hydroxyl groups excluding tert-OH is 1. The van der Waals surface area contributed by atoms with Crippen LogP contribution in [0, 0.1) is 0 Å². The molecule has 0 spiro atoms. The minimum atomic E-state index is -0.800. The minimum Gasteiger partial charge on any atom is -0.503 e. The first-order chi connectivity index (χ1) is 14.6. The van der Waals surface area contributed by atoms with E-state index < -0.39 is 23.5 Å². The lowest BCUT2D eigenvalue weighted by Crippen LogP contribution is -2.30. The maximum atomic E-state index is 13.4. The SMILES string of the molecule is O=C(C1=C(O)C(=O)N(Cc2ccco2)C1c1ccncc1)c1cc2ccccc2o1. The van der Waals surface area contributed by atoms with Crippen LogP contribution in [0.25, 0.3) is 11.0 Å². The van der Waals surface area contributed by atoms with Crippen molar-refractivity contribution in [2.45, 2.75) is 12.6 Å². The van der Waals surface area contributed by atoms with Crippen LogP contribution in [-0.4, -0.2) is 26.7 Å². The summed E-state index contributed by atoms with van der Waals surface area (Å²) in [7, 11) is 0.